The van der Waals surface area contributed by atoms with Crippen LogP contribution in [0.3, 0.4) is 0 Å². The molecule has 1 aliphatic rings. The molecule has 0 aliphatic heterocycles. The number of carbonyl (C=O) groups is 2. The molecule has 1 fully saturated rings. The maximum Gasteiger partial charge on any atom is 0.408 e. The minimum Gasteiger partial charge on any atom is -0.480 e. The van der Waals surface area contributed by atoms with E-state index in [1.54, 1.807) is 6.07 Å². The van der Waals surface area contributed by atoms with E-state index in [0.717, 1.165) is 5.56 Å². The van der Waals surface area contributed by atoms with E-state index >= 15 is 0 Å². The van der Waals surface area contributed by atoms with Crippen LogP contribution in [0.4, 0.5) is 4.79 Å². The molecule has 1 amide bonds. The summed E-state index contributed by atoms with van der Waals surface area (Å²) in [4.78, 5) is 23.0. The van der Waals surface area contributed by atoms with Gasteiger partial charge in [-0.3, -0.25) is 0 Å². The third kappa shape index (κ3) is 3.36. The number of hydrogen-bond acceptors (Lipinski definition) is 3. The predicted octanol–water partition coefficient (Wildman–Crippen LogP) is 2.95. The molecule has 1 aliphatic carbocycles. The van der Waals surface area contributed by atoms with Gasteiger partial charge >= 0.3 is 12.1 Å². The molecule has 0 radical (unpaired) electrons. The molecule has 5 nitrogen and oxygen atoms in total. The number of rotatable bonds is 5. The topological polar surface area (TPSA) is 75.6 Å². The average Bonchev–Trinajstić information content (AvgIpc) is 2.39. The smallest absolute Gasteiger partial charge is 0.408 e. The average molecular weight is 310 g/mol. The Balaban J connectivity index is 2.02. The number of carbonyl (C=O) groups excluding carboxylic acids is 1. The predicted molar refractivity (Wildman–Crippen MR) is 78.5 cm³/mol. The molecular weight excluding hydrogens is 294 g/mol. The minimum absolute atomic E-state index is 0.0409. The van der Waals surface area contributed by atoms with Crippen LogP contribution < -0.4 is 5.32 Å². The van der Waals surface area contributed by atoms with E-state index in [0.29, 0.717) is 17.9 Å². The number of ether oxygens (including phenoxy) is 1. The van der Waals surface area contributed by atoms with Crippen molar-refractivity contribution < 1.29 is 19.4 Å². The first-order valence-corrected chi connectivity index (χ1v) is 6.89. The third-order valence-corrected chi connectivity index (χ3v) is 3.83. The summed E-state index contributed by atoms with van der Waals surface area (Å²) in [5.74, 6) is -1.00. The monoisotopic (exact) mass is 309 g/mol. The Morgan fingerprint density at radius 3 is 2.81 bits per heavy atom. The first-order valence-electron chi connectivity index (χ1n) is 6.51. The lowest BCUT2D eigenvalue weighted by Crippen LogP contribution is -2.61. The summed E-state index contributed by atoms with van der Waals surface area (Å²) >= 11 is 5.93. The van der Waals surface area contributed by atoms with Gasteiger partial charge in [0.15, 0.2) is 0 Å². The van der Waals surface area contributed by atoms with Crippen molar-refractivity contribution >= 4 is 23.7 Å². The number of halogens is 1. The summed E-state index contributed by atoms with van der Waals surface area (Å²) in [6.45, 7) is 3.47. The van der Waals surface area contributed by atoms with Gasteiger partial charge in [0.1, 0.15) is 12.1 Å². The molecule has 2 N–H and O–H groups in total. The molecule has 0 heterocycles. The number of aliphatic carboxylic acids is 1. The number of carboxylic acids is 1. The molecule has 0 aromatic heterocycles. The van der Waals surface area contributed by atoms with Crippen LogP contribution in [-0.4, -0.2) is 29.3 Å². The van der Waals surface area contributed by atoms with E-state index in [1.807, 2.05) is 18.2 Å². The van der Waals surface area contributed by atoms with Gasteiger partial charge in [0, 0.05) is 5.02 Å². The van der Waals surface area contributed by atoms with Crippen molar-refractivity contribution in [3.8, 4) is 0 Å². The Morgan fingerprint density at radius 2 is 2.24 bits per heavy atom. The van der Waals surface area contributed by atoms with Gasteiger partial charge in [-0.25, -0.2) is 9.59 Å². The van der Waals surface area contributed by atoms with Crippen LogP contribution in [0, 0.1) is 0 Å². The molecule has 1 aromatic rings. The Bertz CT molecular complexity index is 567. The third-order valence-electron chi connectivity index (χ3n) is 3.59. The lowest BCUT2D eigenvalue weighted by Gasteiger charge is -2.44. The van der Waals surface area contributed by atoms with Gasteiger partial charge in [-0.2, -0.15) is 0 Å². The second-order valence-corrected chi connectivity index (χ2v) is 5.50. The van der Waals surface area contributed by atoms with Crippen molar-refractivity contribution in [1.82, 2.24) is 5.32 Å². The van der Waals surface area contributed by atoms with Gasteiger partial charge in [0.2, 0.25) is 0 Å². The number of hydrogen-bond donors (Lipinski definition) is 2. The van der Waals surface area contributed by atoms with Crippen molar-refractivity contribution in [3.63, 3.8) is 0 Å². The van der Waals surface area contributed by atoms with E-state index in [2.05, 4.69) is 11.9 Å². The van der Waals surface area contributed by atoms with Gasteiger partial charge < -0.3 is 15.2 Å². The molecule has 0 saturated heterocycles. The van der Waals surface area contributed by atoms with Crippen LogP contribution >= 0.6 is 11.6 Å². The SMILES string of the molecule is C=CCOC(=O)NC1(C(=O)O)CC(c2cccc(Cl)c2)C1. The summed E-state index contributed by atoms with van der Waals surface area (Å²) in [5, 5.41) is 12.4. The van der Waals surface area contributed by atoms with Crippen molar-refractivity contribution in [2.45, 2.75) is 24.3 Å². The highest BCUT2D eigenvalue weighted by Crippen LogP contribution is 2.45. The van der Waals surface area contributed by atoms with Crippen LogP contribution in [0.5, 0.6) is 0 Å². The number of amides is 1. The zero-order valence-corrected chi connectivity index (χ0v) is 12.1. The summed E-state index contributed by atoms with van der Waals surface area (Å²) < 4.78 is 4.78. The maximum atomic E-state index is 11.5. The summed E-state index contributed by atoms with van der Waals surface area (Å²) in [5.41, 5.74) is -0.300. The van der Waals surface area contributed by atoms with Gasteiger partial charge in [0.05, 0.1) is 0 Å². The van der Waals surface area contributed by atoms with Gasteiger partial charge in [-0.1, -0.05) is 36.4 Å². The minimum atomic E-state index is -1.27. The van der Waals surface area contributed by atoms with E-state index in [-0.39, 0.29) is 12.5 Å². The Morgan fingerprint density at radius 1 is 1.52 bits per heavy atom. The van der Waals surface area contributed by atoms with Crippen LogP contribution in [-0.2, 0) is 9.53 Å². The highest BCUT2D eigenvalue weighted by atomic mass is 35.5. The highest BCUT2D eigenvalue weighted by molar-refractivity contribution is 6.30. The first kappa shape index (κ1) is 15.4. The molecular formula is C15H16ClNO4. The molecule has 0 spiro atoms. The Labute approximate surface area is 127 Å². The molecule has 2 rings (SSSR count). The van der Waals surface area contributed by atoms with Crippen molar-refractivity contribution in [2.75, 3.05) is 6.61 Å². The van der Waals surface area contributed by atoms with E-state index in [1.165, 1.54) is 6.08 Å². The molecule has 0 bridgehead atoms. The quantitative estimate of drug-likeness (QED) is 0.820. The number of carboxylic acid groups (broad SMARTS) is 1. The van der Waals surface area contributed by atoms with Crippen LogP contribution in [0.15, 0.2) is 36.9 Å². The van der Waals surface area contributed by atoms with Crippen LogP contribution in [0.2, 0.25) is 5.02 Å². The molecule has 0 unspecified atom stereocenters. The van der Waals surface area contributed by atoms with Gasteiger partial charge in [0.25, 0.3) is 0 Å². The van der Waals surface area contributed by atoms with Gasteiger partial charge in [-0.05, 0) is 36.5 Å². The van der Waals surface area contributed by atoms with Crippen molar-refractivity contribution in [3.05, 3.63) is 47.5 Å². The molecule has 1 saturated carbocycles. The van der Waals surface area contributed by atoms with E-state index in [4.69, 9.17) is 16.3 Å². The summed E-state index contributed by atoms with van der Waals surface area (Å²) in [6.07, 6.45) is 1.29. The molecule has 21 heavy (non-hydrogen) atoms. The van der Waals surface area contributed by atoms with E-state index < -0.39 is 17.6 Å². The summed E-state index contributed by atoms with van der Waals surface area (Å²) in [7, 11) is 0. The van der Waals surface area contributed by atoms with E-state index in [9.17, 15) is 14.7 Å². The molecule has 6 heteroatoms. The largest absolute Gasteiger partial charge is 0.480 e. The lowest BCUT2D eigenvalue weighted by molar-refractivity contribution is -0.149. The Kier molecular flexibility index (Phi) is 4.53. The first-order chi connectivity index (χ1) is 9.97. The summed E-state index contributed by atoms with van der Waals surface area (Å²) in [6, 6.07) is 7.30. The van der Waals surface area contributed by atoms with Crippen LogP contribution in [0.25, 0.3) is 0 Å². The Hall–Kier alpha value is -2.01. The van der Waals surface area contributed by atoms with Gasteiger partial charge in [-0.15, -0.1) is 0 Å². The zero-order chi connectivity index (χ0) is 15.5. The second kappa shape index (κ2) is 6.18. The van der Waals surface area contributed by atoms with Crippen molar-refractivity contribution in [1.29, 1.82) is 0 Å². The second-order valence-electron chi connectivity index (χ2n) is 5.06. The molecule has 1 aromatic carbocycles. The number of benzene rings is 1. The fraction of sp³-hybridized carbons (Fsp3) is 0.333. The molecule has 0 atom stereocenters. The molecule has 112 valence electrons. The maximum absolute atomic E-state index is 11.5. The normalized spacial score (nSPS) is 23.8. The number of nitrogens with one attached hydrogen (secondary N) is 1. The van der Waals surface area contributed by atoms with Crippen molar-refractivity contribution in [2.24, 2.45) is 0 Å². The van der Waals surface area contributed by atoms with Crippen LogP contribution in [0.1, 0.15) is 24.3 Å². The zero-order valence-electron chi connectivity index (χ0n) is 11.3. The highest BCUT2D eigenvalue weighted by Gasteiger charge is 2.52. The fourth-order valence-corrected chi connectivity index (χ4v) is 2.67. The fourth-order valence-electron chi connectivity index (χ4n) is 2.47. The standard InChI is InChI=1S/C15H16ClNO4/c1-2-6-21-14(20)17-15(13(18)19)8-11(9-15)10-4-3-5-12(16)7-10/h2-5,7,11H,1,6,8-9H2,(H,17,20)(H,18,19). The lowest BCUT2D eigenvalue weighted by atomic mass is 9.65. The number of alkyl carbamates (subject to hydrolysis) is 1.